The first-order valence-corrected chi connectivity index (χ1v) is 9.25. The molecule has 2 aromatic rings. The molecule has 0 spiro atoms. The molecule has 0 amide bonds. The van der Waals surface area contributed by atoms with Crippen molar-refractivity contribution in [1.29, 1.82) is 5.26 Å². The first-order valence-electron chi connectivity index (χ1n) is 9.25. The smallest absolute Gasteiger partial charge is 0.340 e. The van der Waals surface area contributed by atoms with Crippen molar-refractivity contribution in [3.8, 4) is 6.07 Å². The minimum Gasteiger partial charge on any atom is -0.462 e. The van der Waals surface area contributed by atoms with Gasteiger partial charge in [-0.25, -0.2) is 4.79 Å². The second kappa shape index (κ2) is 7.33. The first-order chi connectivity index (χ1) is 14.5. The molecule has 2 N–H and O–H groups in total. The molecule has 0 bridgehead atoms. The Morgan fingerprint density at radius 3 is 2.33 bits per heavy atom. The van der Waals surface area contributed by atoms with Gasteiger partial charge in [0.15, 0.2) is 11.5 Å². The highest BCUT2D eigenvalue weighted by Gasteiger charge is 2.45. The van der Waals surface area contributed by atoms with E-state index in [0.29, 0.717) is 11.1 Å². The first kappa shape index (κ1) is 19.2. The van der Waals surface area contributed by atoms with E-state index in [4.69, 9.17) is 20.5 Å². The second-order valence-corrected chi connectivity index (χ2v) is 6.71. The van der Waals surface area contributed by atoms with Crippen LogP contribution in [0.5, 0.6) is 0 Å². The molecular weight excluding hydrogens is 384 g/mol. The number of allylic oxidation sites excluding steroid dienone is 2. The van der Waals surface area contributed by atoms with Crippen LogP contribution in [0, 0.1) is 11.3 Å². The number of ketones is 2. The lowest BCUT2D eigenvalue weighted by molar-refractivity contribution is -0.139. The van der Waals surface area contributed by atoms with Crippen LogP contribution in [0.25, 0.3) is 0 Å². The summed E-state index contributed by atoms with van der Waals surface area (Å²) in [5.41, 5.74) is 7.37. The van der Waals surface area contributed by atoms with Gasteiger partial charge in [-0.2, -0.15) is 5.26 Å². The number of nitriles is 1. The molecule has 2 aliphatic rings. The van der Waals surface area contributed by atoms with Gasteiger partial charge in [-0.1, -0.05) is 36.4 Å². The molecule has 2 aromatic carbocycles. The Balaban J connectivity index is 1.95. The van der Waals surface area contributed by atoms with E-state index in [1.165, 1.54) is 0 Å². The molecule has 7 nitrogen and oxygen atoms in total. The van der Waals surface area contributed by atoms with Gasteiger partial charge in [-0.05, 0) is 24.6 Å². The highest BCUT2D eigenvalue weighted by Crippen LogP contribution is 2.44. The highest BCUT2D eigenvalue weighted by atomic mass is 16.5. The van der Waals surface area contributed by atoms with Crippen molar-refractivity contribution >= 4 is 17.5 Å². The van der Waals surface area contributed by atoms with Crippen LogP contribution in [0.3, 0.4) is 0 Å². The summed E-state index contributed by atoms with van der Waals surface area (Å²) in [4.78, 5) is 39.1. The van der Waals surface area contributed by atoms with Gasteiger partial charge in [0.25, 0.3) is 0 Å². The number of hydrogen-bond donors (Lipinski definition) is 1. The standard InChI is InChI=1S/C23H16N2O5/c1-2-29-23(28)18-16(13-9-7-12(11-24)8-10-13)17-19(26)14-5-3-4-6-15(14)20(27)21(17)30-22(18)25/h3-10,16H,2,25H2,1H3. The van der Waals surface area contributed by atoms with Crippen molar-refractivity contribution in [2.24, 2.45) is 5.73 Å². The Morgan fingerprint density at radius 1 is 1.10 bits per heavy atom. The molecule has 0 aromatic heterocycles. The minimum absolute atomic E-state index is 0.0284. The van der Waals surface area contributed by atoms with Gasteiger partial charge < -0.3 is 15.2 Å². The number of hydrogen-bond acceptors (Lipinski definition) is 7. The molecule has 0 fully saturated rings. The van der Waals surface area contributed by atoms with Crippen LogP contribution in [0.4, 0.5) is 0 Å². The van der Waals surface area contributed by atoms with E-state index < -0.39 is 23.5 Å². The number of Topliss-reactive ketones (excluding diaryl/α,β-unsaturated/α-hetero) is 2. The number of fused-ring (bicyclic) bond motifs is 1. The molecule has 0 saturated carbocycles. The van der Waals surface area contributed by atoms with E-state index in [0.717, 1.165) is 0 Å². The van der Waals surface area contributed by atoms with Crippen molar-refractivity contribution in [2.75, 3.05) is 6.61 Å². The van der Waals surface area contributed by atoms with Crippen molar-refractivity contribution in [2.45, 2.75) is 12.8 Å². The van der Waals surface area contributed by atoms with Gasteiger partial charge in [0, 0.05) is 11.1 Å². The van der Waals surface area contributed by atoms with Gasteiger partial charge >= 0.3 is 5.97 Å². The third kappa shape index (κ3) is 2.86. The predicted molar refractivity (Wildman–Crippen MR) is 105 cm³/mol. The number of benzene rings is 2. The number of nitrogens with two attached hydrogens (primary N) is 1. The fourth-order valence-electron chi connectivity index (χ4n) is 3.70. The van der Waals surface area contributed by atoms with Crippen LogP contribution >= 0.6 is 0 Å². The van der Waals surface area contributed by atoms with E-state index in [1.807, 2.05) is 6.07 Å². The van der Waals surface area contributed by atoms with Crippen LogP contribution in [-0.4, -0.2) is 24.1 Å². The Kier molecular flexibility index (Phi) is 4.68. The zero-order valence-corrected chi connectivity index (χ0v) is 16.0. The Hall–Kier alpha value is -4.18. The van der Waals surface area contributed by atoms with Crippen LogP contribution < -0.4 is 5.73 Å². The zero-order chi connectivity index (χ0) is 21.4. The number of nitrogens with zero attached hydrogens (tertiary/aromatic N) is 1. The Bertz CT molecular complexity index is 1200. The maximum absolute atomic E-state index is 13.4. The normalized spacial score (nSPS) is 17.7. The lowest BCUT2D eigenvalue weighted by Gasteiger charge is -2.32. The molecule has 148 valence electrons. The van der Waals surface area contributed by atoms with Gasteiger partial charge in [0.05, 0.1) is 29.7 Å². The number of rotatable bonds is 3. The average molecular weight is 400 g/mol. The fraction of sp³-hybridized carbons (Fsp3) is 0.130. The minimum atomic E-state index is -0.967. The van der Waals surface area contributed by atoms with E-state index >= 15 is 0 Å². The maximum atomic E-state index is 13.4. The molecule has 0 radical (unpaired) electrons. The summed E-state index contributed by atoms with van der Waals surface area (Å²) in [7, 11) is 0. The third-order valence-electron chi connectivity index (χ3n) is 5.04. The van der Waals surface area contributed by atoms with Crippen molar-refractivity contribution in [3.63, 3.8) is 0 Å². The Labute approximate surface area is 172 Å². The molecule has 30 heavy (non-hydrogen) atoms. The molecule has 1 aliphatic heterocycles. The average Bonchev–Trinajstić information content (AvgIpc) is 2.77. The molecule has 4 rings (SSSR count). The SMILES string of the molecule is CCOC(=O)C1=C(N)OC2=C(C(=O)c3ccccc3C2=O)C1c1ccc(C#N)cc1. The quantitative estimate of drug-likeness (QED) is 0.787. The summed E-state index contributed by atoms with van der Waals surface area (Å²) in [5.74, 6) is -3.10. The van der Waals surface area contributed by atoms with Crippen molar-refractivity contribution in [3.05, 3.63) is 93.6 Å². The summed E-state index contributed by atoms with van der Waals surface area (Å²) >= 11 is 0. The third-order valence-corrected chi connectivity index (χ3v) is 5.04. The number of carbonyl (C=O) groups is 3. The summed E-state index contributed by atoms with van der Waals surface area (Å²) in [6, 6.07) is 14.8. The van der Waals surface area contributed by atoms with Gasteiger partial charge in [-0.3, -0.25) is 9.59 Å². The maximum Gasteiger partial charge on any atom is 0.340 e. The molecule has 0 saturated heterocycles. The van der Waals surface area contributed by atoms with Crippen molar-refractivity contribution in [1.82, 2.24) is 0 Å². The number of ether oxygens (including phenoxy) is 2. The van der Waals surface area contributed by atoms with E-state index in [2.05, 4.69) is 0 Å². The van der Waals surface area contributed by atoms with Gasteiger partial charge in [-0.15, -0.1) is 0 Å². The number of carbonyl (C=O) groups excluding carboxylic acids is 3. The zero-order valence-electron chi connectivity index (χ0n) is 16.0. The predicted octanol–water partition coefficient (Wildman–Crippen LogP) is 2.74. The van der Waals surface area contributed by atoms with Crippen LogP contribution in [0.1, 0.15) is 44.7 Å². The molecule has 1 heterocycles. The monoisotopic (exact) mass is 400 g/mol. The van der Waals surface area contributed by atoms with E-state index in [1.54, 1.807) is 55.5 Å². The molecule has 1 atom stereocenters. The summed E-state index contributed by atoms with van der Waals surface area (Å²) in [5, 5.41) is 9.08. The van der Waals surface area contributed by atoms with Crippen LogP contribution in [0.2, 0.25) is 0 Å². The molecule has 1 unspecified atom stereocenters. The van der Waals surface area contributed by atoms with E-state index in [-0.39, 0.29) is 40.5 Å². The molecule has 7 heteroatoms. The van der Waals surface area contributed by atoms with Gasteiger partial charge in [0.2, 0.25) is 11.7 Å². The largest absolute Gasteiger partial charge is 0.462 e. The molecule has 1 aliphatic carbocycles. The summed E-state index contributed by atoms with van der Waals surface area (Å²) < 4.78 is 10.7. The summed E-state index contributed by atoms with van der Waals surface area (Å²) in [6.45, 7) is 1.74. The van der Waals surface area contributed by atoms with Crippen molar-refractivity contribution < 1.29 is 23.9 Å². The lowest BCUT2D eigenvalue weighted by Crippen LogP contribution is -2.35. The number of esters is 1. The lowest BCUT2D eigenvalue weighted by atomic mass is 9.75. The topological polar surface area (TPSA) is 119 Å². The van der Waals surface area contributed by atoms with Gasteiger partial charge in [0.1, 0.15) is 5.57 Å². The second-order valence-electron chi connectivity index (χ2n) is 6.71. The fourth-order valence-corrected chi connectivity index (χ4v) is 3.70. The summed E-state index contributed by atoms with van der Waals surface area (Å²) in [6.07, 6.45) is 0. The van der Waals surface area contributed by atoms with E-state index in [9.17, 15) is 14.4 Å². The van der Waals surface area contributed by atoms with Crippen LogP contribution in [0.15, 0.2) is 71.3 Å². The molecular formula is C23H16N2O5. The Morgan fingerprint density at radius 2 is 1.73 bits per heavy atom. The van der Waals surface area contributed by atoms with Crippen LogP contribution in [-0.2, 0) is 14.3 Å². The highest BCUT2D eigenvalue weighted by molar-refractivity contribution is 6.27.